The molecule has 9 nitrogen and oxygen atoms in total. The van der Waals surface area contributed by atoms with E-state index < -0.39 is 0 Å². The number of aromatic hydroxyl groups is 1. The van der Waals surface area contributed by atoms with Crippen molar-refractivity contribution in [3.8, 4) is 28.7 Å². The molecule has 2 aliphatic heterocycles. The third-order valence-electron chi connectivity index (χ3n) is 5.86. The van der Waals surface area contributed by atoms with Gasteiger partial charge >= 0.3 is 0 Å². The van der Waals surface area contributed by atoms with Gasteiger partial charge in [0.05, 0.1) is 18.6 Å². The Balaban J connectivity index is 0.00000136. The van der Waals surface area contributed by atoms with Crippen LogP contribution >= 0.6 is 24.8 Å². The first-order valence-electron chi connectivity index (χ1n) is 9.77. The summed E-state index contributed by atoms with van der Waals surface area (Å²) in [6.45, 7) is 4.53. The average Bonchev–Trinajstić information content (AvgIpc) is 3.28. The molecular weight excluding hydrogens is 441 g/mol. The van der Waals surface area contributed by atoms with Gasteiger partial charge in [-0.15, -0.1) is 39.8 Å². The van der Waals surface area contributed by atoms with Crippen molar-refractivity contribution in [2.45, 2.75) is 56.7 Å². The zero-order valence-electron chi connectivity index (χ0n) is 17.2. The first-order chi connectivity index (χ1) is 13.9. The molecular formula is C20H25Cl2N7O2. The Hall–Kier alpha value is -2.49. The molecule has 3 aromatic rings. The highest BCUT2D eigenvalue weighted by atomic mass is 35.5. The van der Waals surface area contributed by atoms with Crippen molar-refractivity contribution in [1.82, 2.24) is 35.5 Å². The number of halogens is 2. The summed E-state index contributed by atoms with van der Waals surface area (Å²) in [5.41, 5.74) is 1.64. The number of nitrogens with one attached hydrogen (secondary N) is 1. The number of aromatic nitrogens is 6. The van der Waals surface area contributed by atoms with E-state index in [0.717, 1.165) is 12.8 Å². The van der Waals surface area contributed by atoms with E-state index >= 15 is 0 Å². The second-order valence-corrected chi connectivity index (χ2v) is 8.53. The smallest absolute Gasteiger partial charge is 0.233 e. The maximum absolute atomic E-state index is 10.4. The van der Waals surface area contributed by atoms with E-state index in [-0.39, 0.29) is 47.7 Å². The van der Waals surface area contributed by atoms with Gasteiger partial charge in [-0.1, -0.05) is 0 Å². The molecule has 166 valence electrons. The van der Waals surface area contributed by atoms with Gasteiger partial charge in [0.15, 0.2) is 0 Å². The lowest BCUT2D eigenvalue weighted by Gasteiger charge is -2.41. The number of ether oxygens (including phenoxy) is 1. The molecule has 0 unspecified atom stereocenters. The molecule has 2 saturated heterocycles. The highest BCUT2D eigenvalue weighted by Gasteiger charge is 2.49. The van der Waals surface area contributed by atoms with E-state index in [2.05, 4.69) is 44.5 Å². The van der Waals surface area contributed by atoms with Crippen LogP contribution in [0.25, 0.3) is 17.1 Å². The molecule has 0 spiro atoms. The summed E-state index contributed by atoms with van der Waals surface area (Å²) in [6.07, 6.45) is 9.06. The number of rotatable bonds is 4. The average molecular weight is 466 g/mol. The Morgan fingerprint density at radius 2 is 1.74 bits per heavy atom. The molecule has 0 amide bonds. The largest absolute Gasteiger partial charge is 0.506 e. The minimum absolute atomic E-state index is 0. The molecule has 3 aromatic heterocycles. The van der Waals surface area contributed by atoms with Gasteiger partial charge in [-0.05, 0) is 32.8 Å². The van der Waals surface area contributed by atoms with Crippen LogP contribution in [0.4, 0.5) is 0 Å². The van der Waals surface area contributed by atoms with Gasteiger partial charge in [-0.3, -0.25) is 0 Å². The Bertz CT molecular complexity index is 1020. The predicted molar refractivity (Wildman–Crippen MR) is 119 cm³/mol. The van der Waals surface area contributed by atoms with E-state index in [4.69, 9.17) is 4.74 Å². The van der Waals surface area contributed by atoms with Crippen LogP contribution in [0, 0.1) is 0 Å². The first kappa shape index (κ1) is 23.2. The molecule has 5 heterocycles. The summed E-state index contributed by atoms with van der Waals surface area (Å²) >= 11 is 0. The van der Waals surface area contributed by atoms with Crippen molar-refractivity contribution in [2.24, 2.45) is 0 Å². The summed E-state index contributed by atoms with van der Waals surface area (Å²) in [4.78, 5) is 5.67. The molecule has 31 heavy (non-hydrogen) atoms. The molecule has 2 bridgehead atoms. The monoisotopic (exact) mass is 465 g/mol. The highest BCUT2D eigenvalue weighted by molar-refractivity contribution is 5.85. The minimum Gasteiger partial charge on any atom is -0.506 e. The van der Waals surface area contributed by atoms with Crippen LogP contribution < -0.4 is 10.1 Å². The van der Waals surface area contributed by atoms with E-state index in [1.54, 1.807) is 36.8 Å². The molecule has 0 aromatic carbocycles. The van der Waals surface area contributed by atoms with Gasteiger partial charge in [0.2, 0.25) is 5.88 Å². The quantitative estimate of drug-likeness (QED) is 0.604. The summed E-state index contributed by atoms with van der Waals surface area (Å²) < 4.78 is 6.14. The minimum atomic E-state index is -0.0152. The van der Waals surface area contributed by atoms with Crippen LogP contribution in [-0.2, 0) is 0 Å². The third-order valence-corrected chi connectivity index (χ3v) is 5.86. The van der Waals surface area contributed by atoms with Gasteiger partial charge < -0.3 is 15.2 Å². The number of hydrogen-bond acceptors (Lipinski definition) is 8. The third kappa shape index (κ3) is 4.58. The summed E-state index contributed by atoms with van der Waals surface area (Å²) in [7, 11) is 0. The number of fused-ring (bicyclic) bond motifs is 2. The second-order valence-electron chi connectivity index (χ2n) is 8.53. The van der Waals surface area contributed by atoms with Crippen LogP contribution in [0.2, 0.25) is 0 Å². The molecule has 2 N–H and O–H groups in total. The molecule has 2 fully saturated rings. The zero-order valence-corrected chi connectivity index (χ0v) is 18.9. The van der Waals surface area contributed by atoms with Crippen molar-refractivity contribution < 1.29 is 9.84 Å². The van der Waals surface area contributed by atoms with Crippen LogP contribution in [0.3, 0.4) is 0 Å². The standard InChI is InChI=1S/C20H23N7O2.2ClH/c1-19-5-6-20(2,26-19)11-14(10-19)29-17-4-3-15(24-25-17)18-16(28)9-13(12-21-18)27-22-7-8-23-27;;/h3-4,7-9,12,14,26,28H,5-6,10-11H2,1-2H3;2*1H/t14-,19-,20+;;. The van der Waals surface area contributed by atoms with Crippen molar-refractivity contribution in [3.63, 3.8) is 0 Å². The van der Waals surface area contributed by atoms with Crippen LogP contribution in [0.15, 0.2) is 36.8 Å². The van der Waals surface area contributed by atoms with Gasteiger partial charge in [0.1, 0.15) is 28.9 Å². The van der Waals surface area contributed by atoms with E-state index in [1.165, 1.54) is 17.6 Å². The number of piperidine rings is 1. The number of nitrogens with zero attached hydrogens (tertiary/aromatic N) is 6. The molecule has 11 heteroatoms. The number of hydrogen-bond donors (Lipinski definition) is 2. The van der Waals surface area contributed by atoms with Gasteiger partial charge in [0.25, 0.3) is 0 Å². The maximum atomic E-state index is 10.4. The molecule has 5 rings (SSSR count). The Morgan fingerprint density at radius 1 is 1.06 bits per heavy atom. The predicted octanol–water partition coefficient (Wildman–Crippen LogP) is 3.11. The van der Waals surface area contributed by atoms with E-state index in [1.807, 2.05) is 0 Å². The first-order valence-corrected chi connectivity index (χ1v) is 9.77. The summed E-state index contributed by atoms with van der Waals surface area (Å²) in [5, 5.41) is 30.6. The molecule has 2 aliphatic rings. The van der Waals surface area contributed by atoms with Gasteiger partial charge in [0, 0.05) is 36.1 Å². The van der Waals surface area contributed by atoms with Crippen LogP contribution in [0.1, 0.15) is 39.5 Å². The SMILES string of the molecule is C[C@]12CC[C@](C)(C[C@@H](Oc3ccc(-c4ncc(-n5nccn5)cc4O)nn3)C1)N2.Cl.Cl. The fraction of sp³-hybridized carbons (Fsp3) is 0.450. The highest BCUT2D eigenvalue weighted by Crippen LogP contribution is 2.43. The molecule has 3 atom stereocenters. The van der Waals surface area contributed by atoms with Gasteiger partial charge in [-0.25, -0.2) is 4.98 Å². The topological polar surface area (TPSA) is 111 Å². The fourth-order valence-electron chi connectivity index (χ4n) is 4.65. The summed E-state index contributed by atoms with van der Waals surface area (Å²) in [6, 6.07) is 5.08. The lowest BCUT2D eigenvalue weighted by molar-refractivity contribution is 0.0754. The van der Waals surface area contributed by atoms with Crippen LogP contribution in [0.5, 0.6) is 11.6 Å². The number of pyridine rings is 1. The van der Waals surface area contributed by atoms with Crippen molar-refractivity contribution in [2.75, 3.05) is 0 Å². The Labute approximate surface area is 192 Å². The van der Waals surface area contributed by atoms with Crippen LogP contribution in [-0.4, -0.2) is 52.5 Å². The molecule has 0 radical (unpaired) electrons. The second kappa shape index (κ2) is 8.57. The fourth-order valence-corrected chi connectivity index (χ4v) is 4.65. The molecule has 0 aliphatic carbocycles. The van der Waals surface area contributed by atoms with Gasteiger partial charge in [-0.2, -0.15) is 10.2 Å². The van der Waals surface area contributed by atoms with Crippen molar-refractivity contribution in [1.29, 1.82) is 0 Å². The van der Waals surface area contributed by atoms with Crippen molar-refractivity contribution >= 4 is 24.8 Å². The molecule has 0 saturated carbocycles. The Morgan fingerprint density at radius 3 is 2.32 bits per heavy atom. The summed E-state index contributed by atoms with van der Waals surface area (Å²) in [5.74, 6) is 0.475. The zero-order chi connectivity index (χ0) is 20.1. The lowest BCUT2D eigenvalue weighted by Crippen LogP contribution is -2.56. The van der Waals surface area contributed by atoms with E-state index in [9.17, 15) is 5.11 Å². The Kier molecular flexibility index (Phi) is 6.40. The van der Waals surface area contributed by atoms with Crippen molar-refractivity contribution in [3.05, 3.63) is 36.8 Å². The lowest BCUT2D eigenvalue weighted by atomic mass is 9.86. The maximum Gasteiger partial charge on any atom is 0.233 e. The van der Waals surface area contributed by atoms with E-state index in [0.29, 0.717) is 23.0 Å². The normalized spacial score (nSPS) is 26.6.